The molecule has 2 N–H and O–H groups in total. The van der Waals surface area contributed by atoms with E-state index < -0.39 is 5.60 Å². The molecule has 0 saturated heterocycles. The Hall–Kier alpha value is -0.120. The maximum atomic E-state index is 10.5. The van der Waals surface area contributed by atoms with Crippen LogP contribution in [0.4, 0.5) is 0 Å². The van der Waals surface area contributed by atoms with E-state index in [4.69, 9.17) is 0 Å². The van der Waals surface area contributed by atoms with Gasteiger partial charge in [0, 0.05) is 6.04 Å². The number of aliphatic hydroxyl groups excluding tert-OH is 1. The van der Waals surface area contributed by atoms with Crippen molar-refractivity contribution in [3.8, 4) is 0 Å². The number of fused-ring (bicyclic) bond motifs is 1. The number of nitrogens with zero attached hydrogens (tertiary/aromatic N) is 1. The van der Waals surface area contributed by atoms with Gasteiger partial charge in [-0.1, -0.05) is 27.2 Å². The first-order valence-corrected chi connectivity index (χ1v) is 10.0. The molecule has 0 spiro atoms. The van der Waals surface area contributed by atoms with E-state index in [9.17, 15) is 10.2 Å². The summed E-state index contributed by atoms with van der Waals surface area (Å²) in [6.07, 6.45) is 6.95. The van der Waals surface area contributed by atoms with Gasteiger partial charge >= 0.3 is 0 Å². The average molecular weight is 340 g/mol. The Kier molecular flexibility index (Phi) is 6.10. The Morgan fingerprint density at radius 3 is 2.33 bits per heavy atom. The monoisotopic (exact) mass is 339 g/mol. The molecule has 0 aromatic carbocycles. The van der Waals surface area contributed by atoms with Gasteiger partial charge in [0.1, 0.15) is 0 Å². The highest BCUT2D eigenvalue weighted by atomic mass is 16.3. The quantitative estimate of drug-likeness (QED) is 0.770. The Bertz CT molecular complexity index is 417. The molecule has 142 valence electrons. The van der Waals surface area contributed by atoms with Gasteiger partial charge in [0.2, 0.25) is 0 Å². The highest BCUT2D eigenvalue weighted by molar-refractivity contribution is 5.02. The molecular weight excluding hydrogens is 298 g/mol. The normalized spacial score (nSPS) is 38.0. The third-order valence-corrected chi connectivity index (χ3v) is 7.82. The molecule has 24 heavy (non-hydrogen) atoms. The minimum absolute atomic E-state index is 0.0825. The summed E-state index contributed by atoms with van der Waals surface area (Å²) < 4.78 is 0. The van der Waals surface area contributed by atoms with Crippen molar-refractivity contribution < 1.29 is 10.2 Å². The summed E-state index contributed by atoms with van der Waals surface area (Å²) in [6, 6.07) is 0.385. The van der Waals surface area contributed by atoms with Crippen LogP contribution in [0, 0.1) is 29.1 Å². The standard InChI is InChI=1S/C21H41NO2/c1-14(13-18(22(6)7)15(2)20(3,4)24)16-10-11-17-19(23)9-8-12-21(16,17)5/h14-19,23-24H,8-13H2,1-7H3/t14?,15?,16-,17+,18+,19+,21-/m1/s1. The molecule has 2 rings (SSSR count). The highest BCUT2D eigenvalue weighted by Crippen LogP contribution is 2.58. The summed E-state index contributed by atoms with van der Waals surface area (Å²) in [4.78, 5) is 2.30. The summed E-state index contributed by atoms with van der Waals surface area (Å²) in [5.74, 6) is 2.07. The van der Waals surface area contributed by atoms with E-state index in [-0.39, 0.29) is 12.0 Å². The summed E-state index contributed by atoms with van der Waals surface area (Å²) in [5.41, 5.74) is -0.344. The van der Waals surface area contributed by atoms with Crippen LogP contribution in [0.2, 0.25) is 0 Å². The predicted octanol–water partition coefficient (Wildman–Crippen LogP) is 3.93. The molecule has 0 aromatic heterocycles. The van der Waals surface area contributed by atoms with Gasteiger partial charge in [-0.3, -0.25) is 0 Å². The number of hydrogen-bond acceptors (Lipinski definition) is 3. The second-order valence-electron chi connectivity index (χ2n) is 9.94. The SMILES string of the molecule is CC(C[C@@H](C(C)C(C)(C)O)N(C)C)[C@H]1CC[C@H]2[C@@H](O)CCC[C@]12C. The largest absolute Gasteiger partial charge is 0.393 e. The van der Waals surface area contributed by atoms with Crippen LogP contribution in [0.3, 0.4) is 0 Å². The van der Waals surface area contributed by atoms with E-state index in [1.807, 2.05) is 13.8 Å². The maximum Gasteiger partial charge on any atom is 0.0632 e. The Balaban J connectivity index is 2.11. The molecule has 0 amide bonds. The van der Waals surface area contributed by atoms with Crippen LogP contribution >= 0.6 is 0 Å². The first-order valence-electron chi connectivity index (χ1n) is 10.0. The van der Waals surface area contributed by atoms with Crippen molar-refractivity contribution in [2.45, 2.75) is 90.9 Å². The molecule has 3 heteroatoms. The van der Waals surface area contributed by atoms with Crippen molar-refractivity contribution in [1.82, 2.24) is 4.90 Å². The maximum absolute atomic E-state index is 10.5. The van der Waals surface area contributed by atoms with E-state index in [1.54, 1.807) is 0 Å². The number of hydrogen-bond donors (Lipinski definition) is 2. The zero-order valence-electron chi connectivity index (χ0n) is 17.0. The van der Waals surface area contributed by atoms with Gasteiger partial charge in [-0.25, -0.2) is 0 Å². The Morgan fingerprint density at radius 2 is 1.79 bits per heavy atom. The van der Waals surface area contributed by atoms with Crippen LogP contribution in [0.5, 0.6) is 0 Å². The van der Waals surface area contributed by atoms with Crippen molar-refractivity contribution in [1.29, 1.82) is 0 Å². The van der Waals surface area contributed by atoms with Crippen LogP contribution < -0.4 is 0 Å². The lowest BCUT2D eigenvalue weighted by Gasteiger charge is -2.46. The summed E-state index contributed by atoms with van der Waals surface area (Å²) in [7, 11) is 4.28. The fraction of sp³-hybridized carbons (Fsp3) is 1.00. The molecule has 0 aromatic rings. The zero-order valence-corrected chi connectivity index (χ0v) is 17.0. The van der Waals surface area contributed by atoms with Crippen LogP contribution in [0.1, 0.15) is 73.1 Å². The molecule has 2 saturated carbocycles. The van der Waals surface area contributed by atoms with Gasteiger partial charge < -0.3 is 15.1 Å². The second kappa shape index (κ2) is 7.25. The Labute approximate surface area is 149 Å². The number of aliphatic hydroxyl groups is 2. The van der Waals surface area contributed by atoms with Crippen LogP contribution in [-0.4, -0.2) is 47.0 Å². The third kappa shape index (κ3) is 3.83. The molecule has 0 aliphatic heterocycles. The van der Waals surface area contributed by atoms with Gasteiger partial charge in [-0.15, -0.1) is 0 Å². The predicted molar refractivity (Wildman–Crippen MR) is 101 cm³/mol. The van der Waals surface area contributed by atoms with Crippen molar-refractivity contribution in [2.24, 2.45) is 29.1 Å². The molecule has 3 nitrogen and oxygen atoms in total. The first kappa shape index (κ1) is 20.2. The van der Waals surface area contributed by atoms with Gasteiger partial charge in [-0.2, -0.15) is 0 Å². The van der Waals surface area contributed by atoms with Gasteiger partial charge in [0.25, 0.3) is 0 Å². The summed E-state index contributed by atoms with van der Waals surface area (Å²) in [6.45, 7) is 10.9. The van der Waals surface area contributed by atoms with Gasteiger partial charge in [-0.05, 0) is 89.1 Å². The molecule has 0 heterocycles. The zero-order chi connectivity index (χ0) is 18.3. The molecule has 2 unspecified atom stereocenters. The lowest BCUT2D eigenvalue weighted by atomic mass is 9.61. The average Bonchev–Trinajstić information content (AvgIpc) is 2.81. The van der Waals surface area contributed by atoms with E-state index in [0.717, 1.165) is 12.8 Å². The number of rotatable bonds is 6. The highest BCUT2D eigenvalue weighted by Gasteiger charge is 2.52. The molecule has 0 bridgehead atoms. The molecule has 0 radical (unpaired) electrons. The fourth-order valence-electron chi connectivity index (χ4n) is 6.00. The third-order valence-electron chi connectivity index (χ3n) is 7.82. The smallest absolute Gasteiger partial charge is 0.0632 e. The molecule has 2 fully saturated rings. The van der Waals surface area contributed by atoms with Crippen molar-refractivity contribution >= 4 is 0 Å². The molecule has 7 atom stereocenters. The summed E-state index contributed by atoms with van der Waals surface area (Å²) in [5, 5.41) is 21.0. The van der Waals surface area contributed by atoms with Crippen LogP contribution in [0.25, 0.3) is 0 Å². The topological polar surface area (TPSA) is 43.7 Å². The lowest BCUT2D eigenvalue weighted by molar-refractivity contribution is -0.0400. The first-order chi connectivity index (χ1) is 11.0. The van der Waals surface area contributed by atoms with Gasteiger partial charge in [0.05, 0.1) is 11.7 Å². The molecule has 2 aliphatic carbocycles. The molecular formula is C21H41NO2. The second-order valence-corrected chi connectivity index (χ2v) is 9.94. The minimum atomic E-state index is -0.655. The lowest BCUT2D eigenvalue weighted by Crippen LogP contribution is -2.47. The van der Waals surface area contributed by atoms with Crippen LogP contribution in [0.15, 0.2) is 0 Å². The Morgan fingerprint density at radius 1 is 1.17 bits per heavy atom. The fourth-order valence-corrected chi connectivity index (χ4v) is 6.00. The minimum Gasteiger partial charge on any atom is -0.393 e. The van der Waals surface area contributed by atoms with Crippen molar-refractivity contribution in [3.05, 3.63) is 0 Å². The van der Waals surface area contributed by atoms with E-state index >= 15 is 0 Å². The van der Waals surface area contributed by atoms with Gasteiger partial charge in [0.15, 0.2) is 0 Å². The molecule has 2 aliphatic rings. The van der Waals surface area contributed by atoms with E-state index in [0.29, 0.717) is 29.2 Å². The van der Waals surface area contributed by atoms with E-state index in [1.165, 1.54) is 25.7 Å². The van der Waals surface area contributed by atoms with Crippen LogP contribution in [-0.2, 0) is 0 Å². The van der Waals surface area contributed by atoms with Crippen molar-refractivity contribution in [2.75, 3.05) is 14.1 Å². The van der Waals surface area contributed by atoms with Crippen molar-refractivity contribution in [3.63, 3.8) is 0 Å². The van der Waals surface area contributed by atoms with E-state index in [2.05, 4.69) is 39.8 Å². The summed E-state index contributed by atoms with van der Waals surface area (Å²) >= 11 is 0.